The van der Waals surface area contributed by atoms with E-state index in [9.17, 15) is 0 Å². The van der Waals surface area contributed by atoms with Crippen molar-refractivity contribution in [3.63, 3.8) is 0 Å². The summed E-state index contributed by atoms with van der Waals surface area (Å²) in [5.41, 5.74) is 0.810. The van der Waals surface area contributed by atoms with Gasteiger partial charge in [-0.3, -0.25) is 4.68 Å². The molecule has 0 N–H and O–H groups in total. The van der Waals surface area contributed by atoms with Crippen LogP contribution in [-0.2, 0) is 12.5 Å². The Morgan fingerprint density at radius 2 is 1.56 bits per heavy atom. The lowest BCUT2D eigenvalue weighted by atomic mass is 9.96. The second-order valence-corrected chi connectivity index (χ2v) is 4.79. The van der Waals surface area contributed by atoms with Crippen LogP contribution >= 0.6 is 0 Å². The average molecular weight is 247 g/mol. The summed E-state index contributed by atoms with van der Waals surface area (Å²) < 4.78 is 1.66. The Bertz CT molecular complexity index is 479. The molecule has 0 spiro atoms. The molecule has 2 aromatic rings. The van der Waals surface area contributed by atoms with E-state index in [1.165, 1.54) is 0 Å². The number of aromatic nitrogens is 5. The van der Waals surface area contributed by atoms with Crippen LogP contribution < -0.4 is 0 Å². The molecule has 0 amide bonds. The molecule has 0 aliphatic heterocycles. The summed E-state index contributed by atoms with van der Waals surface area (Å²) in [5, 5.41) is 4.20. The van der Waals surface area contributed by atoms with Gasteiger partial charge in [-0.15, -0.1) is 0 Å². The van der Waals surface area contributed by atoms with Gasteiger partial charge in [0.2, 0.25) is 0 Å². The van der Waals surface area contributed by atoms with Gasteiger partial charge >= 0.3 is 0 Å². The molecule has 5 heteroatoms. The first-order chi connectivity index (χ1) is 8.47. The normalized spacial score (nSPS) is 10.8. The van der Waals surface area contributed by atoms with Crippen LogP contribution in [0, 0.1) is 0 Å². The molecule has 0 atom stereocenters. The van der Waals surface area contributed by atoms with Crippen LogP contribution in [0.2, 0.25) is 0 Å². The molecule has 0 saturated heterocycles. The summed E-state index contributed by atoms with van der Waals surface area (Å²) in [6.45, 7) is 10.3. The van der Waals surface area contributed by atoms with E-state index in [0.29, 0.717) is 5.82 Å². The van der Waals surface area contributed by atoms with Gasteiger partial charge in [0.25, 0.3) is 0 Å². The maximum Gasteiger partial charge on any atom is 0.184 e. The van der Waals surface area contributed by atoms with E-state index in [-0.39, 0.29) is 5.41 Å². The second-order valence-electron chi connectivity index (χ2n) is 4.79. The molecule has 0 aromatic carbocycles. The first-order valence-corrected chi connectivity index (χ1v) is 6.15. The fourth-order valence-electron chi connectivity index (χ4n) is 1.30. The van der Waals surface area contributed by atoms with Gasteiger partial charge in [0, 0.05) is 24.9 Å². The van der Waals surface area contributed by atoms with Crippen molar-refractivity contribution < 1.29 is 0 Å². The highest BCUT2D eigenvalue weighted by molar-refractivity contribution is 5.50. The number of hydrogen-bond acceptors (Lipinski definition) is 4. The molecule has 0 radical (unpaired) electrons. The maximum atomic E-state index is 4.34. The van der Waals surface area contributed by atoms with E-state index < -0.39 is 0 Å². The second kappa shape index (κ2) is 5.71. The Hall–Kier alpha value is -1.78. The lowest BCUT2D eigenvalue weighted by Crippen LogP contribution is -2.15. The van der Waals surface area contributed by atoms with Crippen LogP contribution in [0.15, 0.2) is 18.7 Å². The first-order valence-electron chi connectivity index (χ1n) is 6.15. The zero-order valence-corrected chi connectivity index (χ0v) is 12.0. The van der Waals surface area contributed by atoms with E-state index in [1.54, 1.807) is 23.4 Å². The van der Waals surface area contributed by atoms with Gasteiger partial charge in [-0.25, -0.2) is 15.0 Å². The molecule has 2 rings (SSSR count). The van der Waals surface area contributed by atoms with Crippen LogP contribution in [0.3, 0.4) is 0 Å². The van der Waals surface area contributed by atoms with E-state index in [0.717, 1.165) is 11.4 Å². The Morgan fingerprint density at radius 1 is 1.00 bits per heavy atom. The van der Waals surface area contributed by atoms with Gasteiger partial charge < -0.3 is 0 Å². The van der Waals surface area contributed by atoms with E-state index in [1.807, 2.05) is 20.9 Å². The quantitative estimate of drug-likeness (QED) is 0.777. The Labute approximate surface area is 108 Å². The molecular weight excluding hydrogens is 226 g/mol. The van der Waals surface area contributed by atoms with Crippen molar-refractivity contribution in [2.75, 3.05) is 0 Å². The fourth-order valence-corrected chi connectivity index (χ4v) is 1.30. The minimum absolute atomic E-state index is 0.0317. The van der Waals surface area contributed by atoms with Crippen molar-refractivity contribution in [2.45, 2.75) is 40.0 Å². The number of rotatable bonds is 1. The highest BCUT2D eigenvalue weighted by Gasteiger charge is 2.17. The largest absolute Gasteiger partial charge is 0.255 e. The van der Waals surface area contributed by atoms with E-state index in [2.05, 4.69) is 40.8 Å². The summed E-state index contributed by atoms with van der Waals surface area (Å²) >= 11 is 0. The lowest BCUT2D eigenvalue weighted by Gasteiger charge is -2.15. The molecule has 0 aliphatic carbocycles. The van der Waals surface area contributed by atoms with Gasteiger partial charge in [0.1, 0.15) is 12.2 Å². The minimum Gasteiger partial charge on any atom is -0.255 e. The standard InChI is InChI=1S/C11H15N5.C2H6/c1-11(2,3)10-12-5-8(6-13-10)9-14-7-16(4)15-9;1-2/h5-7H,1-4H3;1-2H3. The molecule has 0 fully saturated rings. The molecule has 0 bridgehead atoms. The Balaban J connectivity index is 0.000000771. The number of nitrogens with zero attached hydrogens (tertiary/aromatic N) is 5. The highest BCUT2D eigenvalue weighted by atomic mass is 15.3. The van der Waals surface area contributed by atoms with Gasteiger partial charge in [-0.1, -0.05) is 34.6 Å². The number of hydrogen-bond donors (Lipinski definition) is 0. The minimum atomic E-state index is -0.0317. The third-order valence-electron chi connectivity index (χ3n) is 2.18. The van der Waals surface area contributed by atoms with Crippen LogP contribution in [0.1, 0.15) is 40.4 Å². The molecule has 0 aliphatic rings. The van der Waals surface area contributed by atoms with Crippen molar-refractivity contribution in [3.8, 4) is 11.4 Å². The van der Waals surface area contributed by atoms with Crippen molar-refractivity contribution >= 4 is 0 Å². The van der Waals surface area contributed by atoms with Crippen molar-refractivity contribution in [3.05, 3.63) is 24.5 Å². The SMILES string of the molecule is CC.Cn1cnc(-c2cnc(C(C)(C)C)nc2)n1. The summed E-state index contributed by atoms with van der Waals surface area (Å²) in [6.07, 6.45) is 5.19. The van der Waals surface area contributed by atoms with Gasteiger partial charge in [-0.2, -0.15) is 5.10 Å². The molecule has 5 nitrogen and oxygen atoms in total. The van der Waals surface area contributed by atoms with E-state index >= 15 is 0 Å². The Morgan fingerprint density at radius 3 is 1.94 bits per heavy atom. The fraction of sp³-hybridized carbons (Fsp3) is 0.538. The molecule has 0 unspecified atom stereocenters. The van der Waals surface area contributed by atoms with Crippen LogP contribution in [0.25, 0.3) is 11.4 Å². The third kappa shape index (κ3) is 3.35. The van der Waals surface area contributed by atoms with Crippen molar-refractivity contribution in [1.29, 1.82) is 0 Å². The molecule has 2 heterocycles. The predicted molar refractivity (Wildman–Crippen MR) is 72.1 cm³/mol. The highest BCUT2D eigenvalue weighted by Crippen LogP contribution is 2.19. The van der Waals surface area contributed by atoms with Crippen LogP contribution in [0.4, 0.5) is 0 Å². The summed E-state index contributed by atoms with van der Waals surface area (Å²) in [6, 6.07) is 0. The van der Waals surface area contributed by atoms with Crippen LogP contribution in [-0.4, -0.2) is 24.7 Å². The smallest absolute Gasteiger partial charge is 0.184 e. The first kappa shape index (κ1) is 14.3. The number of aryl methyl sites for hydroxylation is 1. The van der Waals surface area contributed by atoms with Gasteiger partial charge in [0.05, 0.1) is 5.56 Å². The zero-order chi connectivity index (χ0) is 13.8. The lowest BCUT2D eigenvalue weighted by molar-refractivity contribution is 0.545. The van der Waals surface area contributed by atoms with Crippen molar-refractivity contribution in [1.82, 2.24) is 24.7 Å². The zero-order valence-electron chi connectivity index (χ0n) is 12.0. The predicted octanol–water partition coefficient (Wildman–Crippen LogP) is 2.60. The third-order valence-corrected chi connectivity index (χ3v) is 2.18. The topological polar surface area (TPSA) is 56.5 Å². The molecular formula is C13H21N5. The van der Waals surface area contributed by atoms with Gasteiger partial charge in [0.15, 0.2) is 5.82 Å². The summed E-state index contributed by atoms with van der Waals surface area (Å²) in [4.78, 5) is 12.8. The van der Waals surface area contributed by atoms with Crippen molar-refractivity contribution in [2.24, 2.45) is 7.05 Å². The molecule has 2 aromatic heterocycles. The average Bonchev–Trinajstić information content (AvgIpc) is 2.78. The maximum absolute atomic E-state index is 4.34. The summed E-state index contributed by atoms with van der Waals surface area (Å²) in [7, 11) is 1.83. The molecule has 0 saturated carbocycles. The van der Waals surface area contributed by atoms with Crippen LogP contribution in [0.5, 0.6) is 0 Å². The summed E-state index contributed by atoms with van der Waals surface area (Å²) in [5.74, 6) is 1.48. The van der Waals surface area contributed by atoms with Gasteiger partial charge in [-0.05, 0) is 0 Å². The Kier molecular flexibility index (Phi) is 4.53. The molecule has 98 valence electrons. The monoisotopic (exact) mass is 247 g/mol. The van der Waals surface area contributed by atoms with E-state index in [4.69, 9.17) is 0 Å². The molecule has 18 heavy (non-hydrogen) atoms.